The van der Waals surface area contributed by atoms with Crippen LogP contribution in [0.2, 0.25) is 0 Å². The number of benzene rings is 1. The first kappa shape index (κ1) is 14.3. The molecule has 3 atom stereocenters. The fourth-order valence-corrected chi connectivity index (χ4v) is 3.71. The first-order valence-corrected chi connectivity index (χ1v) is 7.78. The molecule has 0 spiro atoms. The van der Waals surface area contributed by atoms with Crippen molar-refractivity contribution >= 4 is 5.57 Å². The van der Waals surface area contributed by atoms with E-state index in [0.717, 1.165) is 25.0 Å². The Morgan fingerprint density at radius 1 is 1.38 bits per heavy atom. The Morgan fingerprint density at radius 2 is 2.19 bits per heavy atom. The minimum Gasteiger partial charge on any atom is -0.391 e. The van der Waals surface area contributed by atoms with Crippen molar-refractivity contribution in [1.82, 2.24) is 5.32 Å². The number of aliphatic hydroxyl groups is 1. The normalized spacial score (nSPS) is 26.4. The Bertz CT molecular complexity index is 593. The van der Waals surface area contributed by atoms with Gasteiger partial charge in [-0.25, -0.2) is 0 Å². The molecule has 3 rings (SSSR count). The molecule has 3 unspecified atom stereocenters. The van der Waals surface area contributed by atoms with E-state index in [1.807, 2.05) is 19.1 Å². The lowest BCUT2D eigenvalue weighted by atomic mass is 9.85. The van der Waals surface area contributed by atoms with Gasteiger partial charge in [0.15, 0.2) is 0 Å². The minimum atomic E-state index is -0.391. The van der Waals surface area contributed by atoms with Crippen LogP contribution in [-0.4, -0.2) is 23.8 Å². The summed E-state index contributed by atoms with van der Waals surface area (Å²) in [6.07, 6.45) is 7.90. The van der Waals surface area contributed by atoms with Crippen molar-refractivity contribution in [3.05, 3.63) is 65.8 Å². The summed E-state index contributed by atoms with van der Waals surface area (Å²) >= 11 is 0. The van der Waals surface area contributed by atoms with E-state index in [9.17, 15) is 5.11 Å². The van der Waals surface area contributed by atoms with Gasteiger partial charge in [-0.05, 0) is 48.6 Å². The van der Waals surface area contributed by atoms with Crippen molar-refractivity contribution in [3.63, 3.8) is 0 Å². The molecule has 1 aromatic rings. The van der Waals surface area contributed by atoms with E-state index >= 15 is 0 Å². The molecule has 0 bridgehead atoms. The van der Waals surface area contributed by atoms with E-state index in [-0.39, 0.29) is 12.0 Å². The molecule has 0 saturated carbocycles. The van der Waals surface area contributed by atoms with Crippen molar-refractivity contribution in [2.24, 2.45) is 0 Å². The van der Waals surface area contributed by atoms with Gasteiger partial charge in [-0.2, -0.15) is 0 Å². The topological polar surface area (TPSA) is 32.3 Å². The van der Waals surface area contributed by atoms with Gasteiger partial charge in [-0.15, -0.1) is 0 Å². The molecule has 0 amide bonds. The summed E-state index contributed by atoms with van der Waals surface area (Å²) in [5, 5.41) is 14.4. The van der Waals surface area contributed by atoms with Gasteiger partial charge in [0.25, 0.3) is 0 Å². The maximum absolute atomic E-state index is 10.9. The van der Waals surface area contributed by atoms with Crippen LogP contribution in [0.3, 0.4) is 0 Å². The molecule has 1 heterocycles. The molecule has 1 aliphatic heterocycles. The van der Waals surface area contributed by atoms with E-state index in [0.29, 0.717) is 0 Å². The number of allylic oxidation sites excluding steroid dienone is 4. The molecule has 2 heteroatoms. The number of fused-ring (bicyclic) bond motifs is 1. The second-order valence-corrected chi connectivity index (χ2v) is 5.83. The molecule has 1 fully saturated rings. The Morgan fingerprint density at radius 3 is 2.86 bits per heavy atom. The maximum atomic E-state index is 10.9. The molecule has 2 aliphatic rings. The standard InChI is InChI=1S/C19H23NO/c1-3-8-15-13(4-2)14-9-5-6-10-16(14)18(15)19(21)17-11-7-12-20-17/h3-6,8-10,17-21H,2,7,11-12H2,1H3/b8-3-. The summed E-state index contributed by atoms with van der Waals surface area (Å²) in [4.78, 5) is 0. The third kappa shape index (κ3) is 2.39. The van der Waals surface area contributed by atoms with Crippen LogP contribution in [0.1, 0.15) is 36.8 Å². The Kier molecular flexibility index (Phi) is 4.09. The predicted molar refractivity (Wildman–Crippen MR) is 88.1 cm³/mol. The summed E-state index contributed by atoms with van der Waals surface area (Å²) in [6.45, 7) is 7.01. The number of rotatable bonds is 4. The summed E-state index contributed by atoms with van der Waals surface area (Å²) in [6, 6.07) is 8.56. The van der Waals surface area contributed by atoms with E-state index in [1.165, 1.54) is 16.7 Å². The van der Waals surface area contributed by atoms with E-state index in [4.69, 9.17) is 0 Å². The predicted octanol–water partition coefficient (Wildman–Crippen LogP) is 3.41. The molecule has 1 aromatic carbocycles. The summed E-state index contributed by atoms with van der Waals surface area (Å²) < 4.78 is 0. The quantitative estimate of drug-likeness (QED) is 0.886. The van der Waals surface area contributed by atoms with E-state index in [1.54, 1.807) is 0 Å². The maximum Gasteiger partial charge on any atom is 0.0802 e. The van der Waals surface area contributed by atoms with Gasteiger partial charge in [0.05, 0.1) is 6.10 Å². The summed E-state index contributed by atoms with van der Waals surface area (Å²) in [5.41, 5.74) is 4.78. The second-order valence-electron chi connectivity index (χ2n) is 5.83. The van der Waals surface area contributed by atoms with E-state index < -0.39 is 6.10 Å². The molecule has 0 radical (unpaired) electrons. The second kappa shape index (κ2) is 6.00. The molecule has 21 heavy (non-hydrogen) atoms. The number of hydrogen-bond acceptors (Lipinski definition) is 2. The minimum absolute atomic E-state index is 0.0426. The first-order valence-electron chi connectivity index (χ1n) is 7.78. The van der Waals surface area contributed by atoms with Crippen molar-refractivity contribution in [2.75, 3.05) is 6.54 Å². The monoisotopic (exact) mass is 281 g/mol. The molecule has 2 N–H and O–H groups in total. The van der Waals surface area contributed by atoms with Gasteiger partial charge < -0.3 is 10.4 Å². The van der Waals surface area contributed by atoms with Gasteiger partial charge in [-0.3, -0.25) is 0 Å². The van der Waals surface area contributed by atoms with Gasteiger partial charge in [0, 0.05) is 12.0 Å². The third-order valence-corrected chi connectivity index (χ3v) is 4.63. The van der Waals surface area contributed by atoms with Crippen molar-refractivity contribution in [3.8, 4) is 0 Å². The highest BCUT2D eigenvalue weighted by atomic mass is 16.3. The number of hydrogen-bond donors (Lipinski definition) is 2. The highest BCUT2D eigenvalue weighted by Crippen LogP contribution is 2.45. The highest BCUT2D eigenvalue weighted by Gasteiger charge is 2.37. The number of aliphatic hydroxyl groups excluding tert-OH is 1. The highest BCUT2D eigenvalue weighted by molar-refractivity contribution is 5.86. The Hall–Kier alpha value is -1.64. The lowest BCUT2D eigenvalue weighted by Gasteiger charge is -2.27. The largest absolute Gasteiger partial charge is 0.391 e. The fourth-order valence-electron chi connectivity index (χ4n) is 3.71. The molecular formula is C19H23NO. The van der Waals surface area contributed by atoms with Crippen molar-refractivity contribution < 1.29 is 5.11 Å². The first-order chi connectivity index (χ1) is 10.3. The fraction of sp³-hybridized carbons (Fsp3) is 0.368. The van der Waals surface area contributed by atoms with Crippen LogP contribution in [-0.2, 0) is 0 Å². The smallest absolute Gasteiger partial charge is 0.0802 e. The molecule has 2 nitrogen and oxygen atoms in total. The summed E-state index contributed by atoms with van der Waals surface area (Å²) in [7, 11) is 0. The zero-order valence-electron chi connectivity index (χ0n) is 12.5. The van der Waals surface area contributed by atoms with Crippen LogP contribution in [0.25, 0.3) is 5.57 Å². The lowest BCUT2D eigenvalue weighted by Crippen LogP contribution is -2.39. The molecule has 110 valence electrons. The molecule has 0 aromatic heterocycles. The van der Waals surface area contributed by atoms with Crippen molar-refractivity contribution in [2.45, 2.75) is 37.8 Å². The number of nitrogens with one attached hydrogen (secondary N) is 1. The van der Waals surface area contributed by atoms with Crippen LogP contribution in [0.15, 0.2) is 54.6 Å². The van der Waals surface area contributed by atoms with Gasteiger partial charge in [-0.1, -0.05) is 49.1 Å². The Balaban J connectivity index is 2.07. The van der Waals surface area contributed by atoms with Gasteiger partial charge in [0.2, 0.25) is 0 Å². The molecule has 1 saturated heterocycles. The van der Waals surface area contributed by atoms with Gasteiger partial charge in [0.1, 0.15) is 0 Å². The zero-order chi connectivity index (χ0) is 14.8. The van der Waals surface area contributed by atoms with Crippen LogP contribution in [0.4, 0.5) is 0 Å². The van der Waals surface area contributed by atoms with Crippen LogP contribution in [0, 0.1) is 0 Å². The van der Waals surface area contributed by atoms with Crippen LogP contribution < -0.4 is 5.32 Å². The third-order valence-electron chi connectivity index (χ3n) is 4.63. The summed E-state index contributed by atoms with van der Waals surface area (Å²) in [5.74, 6) is 0.0426. The average molecular weight is 281 g/mol. The molecule has 1 aliphatic carbocycles. The van der Waals surface area contributed by atoms with Crippen LogP contribution >= 0.6 is 0 Å². The lowest BCUT2D eigenvalue weighted by molar-refractivity contribution is 0.120. The van der Waals surface area contributed by atoms with Crippen molar-refractivity contribution in [1.29, 1.82) is 0 Å². The SMILES string of the molecule is C=CC1=C(/C=C\C)C(C(O)C2CCCN2)c2ccccc21. The van der Waals surface area contributed by atoms with Gasteiger partial charge >= 0.3 is 0 Å². The Labute approximate surface area is 126 Å². The average Bonchev–Trinajstić information content (AvgIpc) is 3.13. The zero-order valence-corrected chi connectivity index (χ0v) is 12.5. The molecular weight excluding hydrogens is 258 g/mol. The van der Waals surface area contributed by atoms with E-state index in [2.05, 4.69) is 42.2 Å². The van der Waals surface area contributed by atoms with Crippen LogP contribution in [0.5, 0.6) is 0 Å².